The fourth-order valence-electron chi connectivity index (χ4n) is 6.34. The number of quaternary nitrogens is 1. The Morgan fingerprint density at radius 2 is 1.45 bits per heavy atom. The van der Waals surface area contributed by atoms with E-state index in [1.54, 1.807) is 0 Å². The Labute approximate surface area is 176 Å². The highest BCUT2D eigenvalue weighted by Crippen LogP contribution is 2.48. The maximum atomic E-state index is 10.5. The van der Waals surface area contributed by atoms with Crippen LogP contribution >= 0.6 is 0 Å². The molecule has 4 rings (SSSR count). The number of fused-ring (bicyclic) bond motifs is 2. The molecule has 0 radical (unpaired) electrons. The molecule has 2 heteroatoms. The third-order valence-electron chi connectivity index (χ3n) is 8.02. The quantitative estimate of drug-likeness (QED) is 0.529. The van der Waals surface area contributed by atoms with E-state index >= 15 is 0 Å². The van der Waals surface area contributed by atoms with E-state index in [9.17, 15) is 5.26 Å². The van der Waals surface area contributed by atoms with Crippen LogP contribution < -0.4 is 0 Å². The molecule has 2 heterocycles. The first-order valence-electron chi connectivity index (χ1n) is 11.5. The van der Waals surface area contributed by atoms with Gasteiger partial charge in [0, 0.05) is 25.7 Å². The molecule has 4 atom stereocenters. The largest absolute Gasteiger partial charge is 0.321 e. The van der Waals surface area contributed by atoms with Crippen LogP contribution in [0.25, 0.3) is 0 Å². The zero-order valence-corrected chi connectivity index (χ0v) is 18.1. The molecule has 2 bridgehead atoms. The van der Waals surface area contributed by atoms with E-state index in [1.165, 1.54) is 49.6 Å². The first-order chi connectivity index (χ1) is 14.1. The van der Waals surface area contributed by atoms with Gasteiger partial charge in [-0.1, -0.05) is 74.0 Å². The molecular formula is C27H35N2+. The highest BCUT2D eigenvalue weighted by atomic mass is 15.4. The lowest BCUT2D eigenvalue weighted by Gasteiger charge is -2.48. The molecule has 2 fully saturated rings. The van der Waals surface area contributed by atoms with Gasteiger partial charge in [0.15, 0.2) is 0 Å². The van der Waals surface area contributed by atoms with Crippen molar-refractivity contribution in [1.29, 1.82) is 5.26 Å². The summed E-state index contributed by atoms with van der Waals surface area (Å²) < 4.78 is 1.29. The molecule has 0 saturated carbocycles. The monoisotopic (exact) mass is 387 g/mol. The molecule has 0 amide bonds. The van der Waals surface area contributed by atoms with Gasteiger partial charge in [0.05, 0.1) is 31.7 Å². The molecule has 2 aromatic carbocycles. The van der Waals surface area contributed by atoms with E-state index in [-0.39, 0.29) is 0 Å². The number of hydrogen-bond acceptors (Lipinski definition) is 1. The van der Waals surface area contributed by atoms with Crippen molar-refractivity contribution in [3.63, 3.8) is 0 Å². The maximum absolute atomic E-state index is 10.5. The number of piperidine rings is 1. The second-order valence-electron chi connectivity index (χ2n) is 9.60. The van der Waals surface area contributed by atoms with E-state index in [2.05, 4.69) is 68.6 Å². The molecule has 29 heavy (non-hydrogen) atoms. The summed E-state index contributed by atoms with van der Waals surface area (Å²) in [5.41, 5.74) is 1.75. The number of nitriles is 1. The van der Waals surface area contributed by atoms with Crippen LogP contribution in [0.3, 0.4) is 0 Å². The van der Waals surface area contributed by atoms with Gasteiger partial charge in [0.25, 0.3) is 0 Å². The van der Waals surface area contributed by atoms with Crippen molar-refractivity contribution in [2.75, 3.05) is 13.6 Å². The lowest BCUT2D eigenvalue weighted by Crippen LogP contribution is -2.58. The number of benzene rings is 2. The fourth-order valence-corrected chi connectivity index (χ4v) is 6.34. The standard InChI is InChI=1S/C27H35N2/c1-3-4-17-29(2)25-15-16-26(29)19-22(18-25)20-27(21-28,23-11-7-5-8-12-23)24-13-9-6-10-14-24/h5-14,22,25-26H,3-4,15-20H2,1-2H3/q+1/t22-,25+,26-,29?. The van der Waals surface area contributed by atoms with Crippen molar-refractivity contribution in [1.82, 2.24) is 0 Å². The number of nitrogens with zero attached hydrogens (tertiary/aromatic N) is 2. The molecule has 2 aliphatic rings. The van der Waals surface area contributed by atoms with Gasteiger partial charge >= 0.3 is 0 Å². The van der Waals surface area contributed by atoms with Crippen LogP contribution in [-0.2, 0) is 5.41 Å². The Balaban J connectivity index is 1.63. The number of hydrogen-bond donors (Lipinski definition) is 0. The number of rotatable bonds is 7. The van der Waals surface area contributed by atoms with Crippen LogP contribution in [0.4, 0.5) is 0 Å². The predicted molar refractivity (Wildman–Crippen MR) is 119 cm³/mol. The first kappa shape index (κ1) is 20.2. The minimum absolute atomic E-state index is 0.545. The smallest absolute Gasteiger partial charge is 0.107 e. The zero-order valence-electron chi connectivity index (χ0n) is 18.1. The summed E-state index contributed by atoms with van der Waals surface area (Å²) in [4.78, 5) is 0. The van der Waals surface area contributed by atoms with Crippen LogP contribution in [0, 0.1) is 17.2 Å². The molecular weight excluding hydrogens is 352 g/mol. The zero-order chi connectivity index (χ0) is 20.3. The summed E-state index contributed by atoms with van der Waals surface area (Å²) in [6.45, 7) is 3.64. The summed E-state index contributed by atoms with van der Waals surface area (Å²) in [5.74, 6) is 0.625. The third-order valence-corrected chi connectivity index (χ3v) is 8.02. The summed E-state index contributed by atoms with van der Waals surface area (Å²) in [7, 11) is 2.51. The molecule has 0 spiro atoms. The molecule has 2 saturated heterocycles. The van der Waals surface area contributed by atoms with Gasteiger partial charge in [-0.25, -0.2) is 0 Å². The molecule has 1 unspecified atom stereocenters. The molecule has 2 nitrogen and oxygen atoms in total. The normalized spacial score (nSPS) is 28.8. The Morgan fingerprint density at radius 1 is 0.931 bits per heavy atom. The lowest BCUT2D eigenvalue weighted by atomic mass is 9.67. The van der Waals surface area contributed by atoms with Crippen molar-refractivity contribution in [2.45, 2.75) is 69.4 Å². The van der Waals surface area contributed by atoms with Gasteiger partial charge in [0.1, 0.15) is 5.41 Å². The van der Waals surface area contributed by atoms with Crippen LogP contribution in [-0.4, -0.2) is 30.2 Å². The van der Waals surface area contributed by atoms with Crippen molar-refractivity contribution in [2.24, 2.45) is 5.92 Å². The Kier molecular flexibility index (Phi) is 5.79. The topological polar surface area (TPSA) is 23.8 Å². The van der Waals surface area contributed by atoms with Crippen molar-refractivity contribution in [3.8, 4) is 6.07 Å². The van der Waals surface area contributed by atoms with Crippen LogP contribution in [0.5, 0.6) is 0 Å². The van der Waals surface area contributed by atoms with Crippen LogP contribution in [0.15, 0.2) is 60.7 Å². The Morgan fingerprint density at radius 3 is 1.90 bits per heavy atom. The van der Waals surface area contributed by atoms with Crippen molar-refractivity contribution in [3.05, 3.63) is 71.8 Å². The maximum Gasteiger partial charge on any atom is 0.107 e. The lowest BCUT2D eigenvalue weighted by molar-refractivity contribution is -0.949. The average Bonchev–Trinajstić information content (AvgIpc) is 2.94. The van der Waals surface area contributed by atoms with Crippen molar-refractivity contribution < 1.29 is 4.48 Å². The van der Waals surface area contributed by atoms with E-state index < -0.39 is 5.41 Å². The average molecular weight is 388 g/mol. The minimum atomic E-state index is -0.545. The summed E-state index contributed by atoms with van der Waals surface area (Å²) in [5, 5.41) is 10.5. The van der Waals surface area contributed by atoms with Gasteiger partial charge in [0.2, 0.25) is 0 Å². The Bertz CT molecular complexity index is 782. The van der Waals surface area contributed by atoms with Gasteiger partial charge in [-0.3, -0.25) is 0 Å². The van der Waals surface area contributed by atoms with E-state index in [0.29, 0.717) is 5.92 Å². The van der Waals surface area contributed by atoms with Crippen LogP contribution in [0.1, 0.15) is 63.0 Å². The SMILES string of the molecule is CCCC[N+]1(C)[C@@H]2CC[C@H]1C[C@@H](CC(C#N)(c1ccccc1)c1ccccc1)C2. The molecule has 2 aromatic rings. The predicted octanol–water partition coefficient (Wildman–Crippen LogP) is 6.07. The molecule has 152 valence electrons. The summed E-state index contributed by atoms with van der Waals surface area (Å²) >= 11 is 0. The summed E-state index contributed by atoms with van der Waals surface area (Å²) in [6, 6.07) is 25.4. The molecule has 0 aromatic heterocycles. The number of unbranched alkanes of at least 4 members (excludes halogenated alkanes) is 1. The van der Waals surface area contributed by atoms with Gasteiger partial charge in [-0.05, 0) is 29.9 Å². The van der Waals surface area contributed by atoms with Gasteiger partial charge in [-0.15, -0.1) is 0 Å². The van der Waals surface area contributed by atoms with E-state index in [1.807, 2.05) is 12.1 Å². The van der Waals surface area contributed by atoms with Crippen LogP contribution in [0.2, 0.25) is 0 Å². The molecule has 0 aliphatic carbocycles. The molecule has 2 aliphatic heterocycles. The molecule has 0 N–H and O–H groups in total. The Hall–Kier alpha value is -2.11. The second kappa shape index (κ2) is 8.33. The van der Waals surface area contributed by atoms with E-state index in [0.717, 1.165) is 29.6 Å². The van der Waals surface area contributed by atoms with Gasteiger partial charge in [-0.2, -0.15) is 5.26 Å². The van der Waals surface area contributed by atoms with Crippen molar-refractivity contribution >= 4 is 0 Å². The minimum Gasteiger partial charge on any atom is -0.321 e. The summed E-state index contributed by atoms with van der Waals surface area (Å²) in [6.07, 6.45) is 8.87. The first-order valence-corrected chi connectivity index (χ1v) is 11.5. The highest BCUT2D eigenvalue weighted by molar-refractivity contribution is 5.45. The fraction of sp³-hybridized carbons (Fsp3) is 0.519. The van der Waals surface area contributed by atoms with Gasteiger partial charge < -0.3 is 4.48 Å². The highest BCUT2D eigenvalue weighted by Gasteiger charge is 2.52. The third kappa shape index (κ3) is 3.62. The second-order valence-corrected chi connectivity index (χ2v) is 9.60. The van der Waals surface area contributed by atoms with E-state index in [4.69, 9.17) is 0 Å².